The number of nitrogens with zero attached hydrogens (tertiary/aromatic N) is 3. The highest BCUT2D eigenvalue weighted by molar-refractivity contribution is 5.98. The minimum Gasteiger partial charge on any atom is -0.336 e. The van der Waals surface area contributed by atoms with Crippen molar-refractivity contribution in [1.29, 1.82) is 0 Å². The van der Waals surface area contributed by atoms with Crippen molar-refractivity contribution >= 4 is 16.8 Å². The van der Waals surface area contributed by atoms with Gasteiger partial charge < -0.3 is 20.1 Å². The first-order chi connectivity index (χ1) is 13.6. The molecule has 4 rings (SSSR count). The first kappa shape index (κ1) is 18.7. The quantitative estimate of drug-likeness (QED) is 0.761. The summed E-state index contributed by atoms with van der Waals surface area (Å²) in [7, 11) is 2.10. The first-order valence-corrected chi connectivity index (χ1v) is 9.96. The summed E-state index contributed by atoms with van der Waals surface area (Å²) in [6.07, 6.45) is 2.07. The molecular formula is C23H28N4O. The Labute approximate surface area is 166 Å². The number of nitrogens with two attached hydrogens (primary N) is 1. The number of carbonyl (C=O) groups excluding carboxylic acids is 1. The van der Waals surface area contributed by atoms with Gasteiger partial charge in [-0.15, -0.1) is 0 Å². The summed E-state index contributed by atoms with van der Waals surface area (Å²) in [5, 5.41) is 1.08. The third kappa shape index (κ3) is 3.55. The minimum absolute atomic E-state index is 0.128. The summed E-state index contributed by atoms with van der Waals surface area (Å²) in [6.45, 7) is 6.24. The van der Waals surface area contributed by atoms with Gasteiger partial charge in [0, 0.05) is 49.0 Å². The number of hydrogen-bond acceptors (Lipinski definition) is 3. The Morgan fingerprint density at radius 3 is 2.43 bits per heavy atom. The van der Waals surface area contributed by atoms with Crippen LogP contribution in [-0.2, 0) is 0 Å². The average molecular weight is 377 g/mol. The number of aromatic nitrogens is 1. The third-order valence-corrected chi connectivity index (χ3v) is 5.82. The summed E-state index contributed by atoms with van der Waals surface area (Å²) in [5.41, 5.74) is 10.0. The summed E-state index contributed by atoms with van der Waals surface area (Å²) in [4.78, 5) is 17.1. The summed E-state index contributed by atoms with van der Waals surface area (Å²) in [5.74, 6) is 0.487. The molecule has 146 valence electrons. The van der Waals surface area contributed by atoms with Crippen molar-refractivity contribution in [3.63, 3.8) is 0 Å². The van der Waals surface area contributed by atoms with Gasteiger partial charge in [-0.25, -0.2) is 0 Å². The number of likely N-dealkylation sites (N-methyl/N-ethyl adjacent to an activating group) is 1. The fourth-order valence-electron chi connectivity index (χ4n) is 3.79. The molecule has 1 aliphatic rings. The molecule has 28 heavy (non-hydrogen) atoms. The first-order valence-electron chi connectivity index (χ1n) is 9.96. The molecule has 5 nitrogen and oxygen atoms in total. The molecule has 1 unspecified atom stereocenters. The second-order valence-corrected chi connectivity index (χ2v) is 7.78. The van der Waals surface area contributed by atoms with Gasteiger partial charge in [-0.05, 0) is 61.5 Å². The van der Waals surface area contributed by atoms with Gasteiger partial charge in [-0.1, -0.05) is 19.1 Å². The monoisotopic (exact) mass is 376 g/mol. The highest BCUT2D eigenvalue weighted by Crippen LogP contribution is 2.24. The molecule has 1 aromatic heterocycles. The average Bonchev–Trinajstić information content (AvgIpc) is 3.16. The van der Waals surface area contributed by atoms with Crippen LogP contribution in [0.2, 0.25) is 0 Å². The topological polar surface area (TPSA) is 54.5 Å². The summed E-state index contributed by atoms with van der Waals surface area (Å²) < 4.78 is 2.16. The van der Waals surface area contributed by atoms with Crippen LogP contribution in [0, 0.1) is 0 Å². The molecule has 1 amide bonds. The molecule has 0 aliphatic carbocycles. The van der Waals surface area contributed by atoms with E-state index in [-0.39, 0.29) is 5.91 Å². The SMILES string of the molecule is CC(CN)c1ccc(-n2ccc3cc(C(=O)N4CCN(C)CC4)ccc32)cc1. The van der Waals surface area contributed by atoms with Gasteiger partial charge in [0.25, 0.3) is 5.91 Å². The minimum atomic E-state index is 0.128. The van der Waals surface area contributed by atoms with Crippen LogP contribution in [0.3, 0.4) is 0 Å². The van der Waals surface area contributed by atoms with Crippen LogP contribution >= 0.6 is 0 Å². The standard InChI is InChI=1S/C23H28N4O/c1-17(16-24)18-3-6-21(7-4-18)27-10-9-19-15-20(5-8-22(19)27)23(28)26-13-11-25(2)12-14-26/h3-10,15,17H,11-14,16,24H2,1-2H3. The second-order valence-electron chi connectivity index (χ2n) is 7.78. The maximum atomic E-state index is 12.8. The molecule has 0 saturated carbocycles. The molecule has 0 radical (unpaired) electrons. The summed E-state index contributed by atoms with van der Waals surface area (Å²) >= 11 is 0. The molecule has 0 bridgehead atoms. The van der Waals surface area contributed by atoms with Crippen molar-refractivity contribution < 1.29 is 4.79 Å². The predicted octanol–water partition coefficient (Wildman–Crippen LogP) is 3.08. The maximum absolute atomic E-state index is 12.8. The molecule has 1 atom stereocenters. The lowest BCUT2D eigenvalue weighted by Crippen LogP contribution is -2.47. The molecule has 1 aliphatic heterocycles. The van der Waals surface area contributed by atoms with Gasteiger partial charge >= 0.3 is 0 Å². The molecule has 2 N–H and O–H groups in total. The molecule has 0 spiro atoms. The van der Waals surface area contributed by atoms with Crippen LogP contribution in [0.25, 0.3) is 16.6 Å². The number of hydrogen-bond donors (Lipinski definition) is 1. The van der Waals surface area contributed by atoms with Crippen LogP contribution < -0.4 is 5.73 Å². The lowest BCUT2D eigenvalue weighted by molar-refractivity contribution is 0.0664. The van der Waals surface area contributed by atoms with Gasteiger partial charge in [-0.2, -0.15) is 0 Å². The second kappa shape index (κ2) is 7.78. The van der Waals surface area contributed by atoms with Crippen molar-refractivity contribution in [2.75, 3.05) is 39.8 Å². The Hall–Kier alpha value is -2.63. The molecule has 1 fully saturated rings. The van der Waals surface area contributed by atoms with Gasteiger partial charge in [0.2, 0.25) is 0 Å². The Morgan fingerprint density at radius 1 is 1.04 bits per heavy atom. The van der Waals surface area contributed by atoms with Crippen LogP contribution in [0.15, 0.2) is 54.7 Å². The van der Waals surface area contributed by atoms with Crippen LogP contribution in [-0.4, -0.2) is 60.0 Å². The van der Waals surface area contributed by atoms with E-state index in [1.165, 1.54) is 5.56 Å². The molecule has 3 aromatic rings. The van der Waals surface area contributed by atoms with Gasteiger partial charge in [-0.3, -0.25) is 4.79 Å². The van der Waals surface area contributed by atoms with E-state index in [0.29, 0.717) is 12.5 Å². The van der Waals surface area contributed by atoms with E-state index in [1.807, 2.05) is 17.0 Å². The van der Waals surface area contributed by atoms with E-state index in [0.717, 1.165) is 48.3 Å². The zero-order chi connectivity index (χ0) is 19.7. The fraction of sp³-hybridized carbons (Fsp3) is 0.348. The lowest BCUT2D eigenvalue weighted by Gasteiger charge is -2.32. The lowest BCUT2D eigenvalue weighted by atomic mass is 10.0. The zero-order valence-electron chi connectivity index (χ0n) is 16.6. The Balaban J connectivity index is 1.59. The Morgan fingerprint density at radius 2 is 1.75 bits per heavy atom. The number of benzene rings is 2. The number of rotatable bonds is 4. The molecular weight excluding hydrogens is 348 g/mol. The number of fused-ring (bicyclic) bond motifs is 1. The highest BCUT2D eigenvalue weighted by atomic mass is 16.2. The smallest absolute Gasteiger partial charge is 0.253 e. The van der Waals surface area contributed by atoms with Crippen LogP contribution in [0.1, 0.15) is 28.8 Å². The zero-order valence-corrected chi connectivity index (χ0v) is 16.6. The largest absolute Gasteiger partial charge is 0.336 e. The number of carbonyl (C=O) groups is 1. The third-order valence-electron chi connectivity index (χ3n) is 5.82. The normalized spacial score (nSPS) is 16.5. The van der Waals surface area contributed by atoms with Gasteiger partial charge in [0.1, 0.15) is 0 Å². The van der Waals surface area contributed by atoms with Gasteiger partial charge in [0.05, 0.1) is 5.52 Å². The van der Waals surface area contributed by atoms with Gasteiger partial charge in [0.15, 0.2) is 0 Å². The molecule has 1 saturated heterocycles. The van der Waals surface area contributed by atoms with E-state index in [2.05, 4.69) is 66.0 Å². The van der Waals surface area contributed by atoms with Crippen molar-refractivity contribution in [2.24, 2.45) is 5.73 Å². The van der Waals surface area contributed by atoms with Crippen molar-refractivity contribution in [1.82, 2.24) is 14.4 Å². The Kier molecular flexibility index (Phi) is 5.20. The maximum Gasteiger partial charge on any atom is 0.253 e. The van der Waals surface area contributed by atoms with Crippen LogP contribution in [0.4, 0.5) is 0 Å². The summed E-state index contributed by atoms with van der Waals surface area (Å²) in [6, 6.07) is 16.6. The van der Waals surface area contributed by atoms with Crippen LogP contribution in [0.5, 0.6) is 0 Å². The van der Waals surface area contributed by atoms with Crippen molar-refractivity contribution in [2.45, 2.75) is 12.8 Å². The molecule has 2 aromatic carbocycles. The van der Waals surface area contributed by atoms with E-state index in [9.17, 15) is 4.79 Å². The number of piperazine rings is 1. The number of amides is 1. The van der Waals surface area contributed by atoms with E-state index < -0.39 is 0 Å². The van der Waals surface area contributed by atoms with E-state index >= 15 is 0 Å². The molecule has 5 heteroatoms. The van der Waals surface area contributed by atoms with E-state index in [4.69, 9.17) is 5.73 Å². The molecule has 2 heterocycles. The Bertz CT molecular complexity index is 968. The van der Waals surface area contributed by atoms with E-state index in [1.54, 1.807) is 0 Å². The van der Waals surface area contributed by atoms with Crippen molar-refractivity contribution in [3.05, 3.63) is 65.9 Å². The fourth-order valence-corrected chi connectivity index (χ4v) is 3.79. The predicted molar refractivity (Wildman–Crippen MR) is 114 cm³/mol. The highest BCUT2D eigenvalue weighted by Gasteiger charge is 2.20. The van der Waals surface area contributed by atoms with Crippen molar-refractivity contribution in [3.8, 4) is 5.69 Å².